The number of rotatable bonds is 6. The molecule has 0 saturated carbocycles. The molecule has 2 N–H and O–H groups in total. The van der Waals surface area contributed by atoms with Gasteiger partial charge in [-0.05, 0) is 44.0 Å². The molecule has 1 fully saturated rings. The number of methoxy groups -OCH3 is 1. The highest BCUT2D eigenvalue weighted by Crippen LogP contribution is 2.26. The van der Waals surface area contributed by atoms with Gasteiger partial charge in [-0.1, -0.05) is 24.3 Å². The molecule has 1 aliphatic heterocycles. The van der Waals surface area contributed by atoms with Crippen molar-refractivity contribution < 1.29 is 23.5 Å². The number of amides is 3. The van der Waals surface area contributed by atoms with Gasteiger partial charge in [0.05, 0.1) is 6.54 Å². The van der Waals surface area contributed by atoms with Crippen molar-refractivity contribution in [3.8, 4) is 0 Å². The monoisotopic (exact) mass is 427 g/mol. The number of anilines is 2. The highest BCUT2D eigenvalue weighted by Gasteiger charge is 2.30. The quantitative estimate of drug-likeness (QED) is 0.694. The second kappa shape index (κ2) is 9.70. The number of nitrogens with one attached hydrogen (secondary N) is 2. The molecule has 2 aromatic rings. The summed E-state index contributed by atoms with van der Waals surface area (Å²) < 4.78 is 19.6. The van der Waals surface area contributed by atoms with Crippen LogP contribution >= 0.6 is 0 Å². The van der Waals surface area contributed by atoms with E-state index in [1.54, 1.807) is 54.3 Å². The molecule has 8 heteroatoms. The molecule has 0 bridgehead atoms. The van der Waals surface area contributed by atoms with Crippen LogP contribution in [0, 0.1) is 5.82 Å². The Hall–Kier alpha value is -3.26. The van der Waals surface area contributed by atoms with Crippen molar-refractivity contribution in [1.29, 1.82) is 0 Å². The van der Waals surface area contributed by atoms with Crippen molar-refractivity contribution in [1.82, 2.24) is 5.32 Å². The molecule has 7 nitrogen and oxygen atoms in total. The minimum Gasteiger partial charge on any atom is -0.372 e. The van der Waals surface area contributed by atoms with Crippen LogP contribution < -0.4 is 15.5 Å². The zero-order valence-corrected chi connectivity index (χ0v) is 17.6. The lowest BCUT2D eigenvalue weighted by Gasteiger charge is -2.29. The van der Waals surface area contributed by atoms with E-state index in [9.17, 15) is 18.8 Å². The number of halogens is 1. The first-order valence-corrected chi connectivity index (χ1v) is 10.1. The van der Waals surface area contributed by atoms with Gasteiger partial charge >= 0.3 is 11.8 Å². The summed E-state index contributed by atoms with van der Waals surface area (Å²) in [6.07, 6.45) is 2.30. The summed E-state index contributed by atoms with van der Waals surface area (Å²) >= 11 is 0. The van der Waals surface area contributed by atoms with Gasteiger partial charge in [-0.15, -0.1) is 0 Å². The summed E-state index contributed by atoms with van der Waals surface area (Å²) in [5.74, 6) is -2.16. The molecule has 0 aromatic heterocycles. The number of benzene rings is 2. The van der Waals surface area contributed by atoms with Gasteiger partial charge in [-0.2, -0.15) is 0 Å². The molecule has 0 aliphatic carbocycles. The Morgan fingerprint density at radius 1 is 1.13 bits per heavy atom. The van der Waals surface area contributed by atoms with Crippen molar-refractivity contribution in [2.24, 2.45) is 0 Å². The van der Waals surface area contributed by atoms with E-state index in [4.69, 9.17) is 4.74 Å². The molecule has 31 heavy (non-hydrogen) atoms. The molecule has 0 unspecified atom stereocenters. The second-order valence-corrected chi connectivity index (χ2v) is 7.60. The number of ether oxygens (including phenoxy) is 1. The molecule has 1 saturated heterocycles. The normalized spacial score (nSPS) is 15.8. The molecule has 1 atom stereocenters. The predicted molar refractivity (Wildman–Crippen MR) is 115 cm³/mol. The van der Waals surface area contributed by atoms with Crippen LogP contribution in [-0.2, 0) is 24.7 Å². The maximum atomic E-state index is 14.2. The van der Waals surface area contributed by atoms with E-state index in [-0.39, 0.29) is 18.0 Å². The summed E-state index contributed by atoms with van der Waals surface area (Å²) in [6.45, 7) is 2.16. The third kappa shape index (κ3) is 5.27. The smallest absolute Gasteiger partial charge is 0.313 e. The number of carbonyl (C=O) groups excluding carboxylic acids is 3. The Morgan fingerprint density at radius 2 is 1.90 bits per heavy atom. The zero-order valence-electron chi connectivity index (χ0n) is 17.6. The van der Waals surface area contributed by atoms with Crippen LogP contribution in [-0.4, -0.2) is 37.9 Å². The molecule has 2 aromatic carbocycles. The third-order valence-corrected chi connectivity index (χ3v) is 5.43. The first kappa shape index (κ1) is 22.4. The first-order chi connectivity index (χ1) is 14.8. The number of piperidine rings is 1. The zero-order chi connectivity index (χ0) is 22.4. The number of nitrogens with zero attached hydrogens (tertiary/aromatic N) is 1. The average Bonchev–Trinajstić information content (AvgIpc) is 2.78. The third-order valence-electron chi connectivity index (χ3n) is 5.43. The SMILES string of the molecule is CO[C@](C)(CNC(=O)C(=O)Nc1cccc(N2CCCCC2=O)c1)c1ccccc1F. The number of hydrogen-bond acceptors (Lipinski definition) is 4. The lowest BCUT2D eigenvalue weighted by molar-refractivity contribution is -0.137. The van der Waals surface area contributed by atoms with Gasteiger partial charge < -0.3 is 20.3 Å². The van der Waals surface area contributed by atoms with Crippen molar-refractivity contribution in [3.63, 3.8) is 0 Å². The van der Waals surface area contributed by atoms with E-state index < -0.39 is 23.2 Å². The van der Waals surface area contributed by atoms with E-state index in [1.807, 2.05) is 0 Å². The Bertz CT molecular complexity index is 981. The summed E-state index contributed by atoms with van der Waals surface area (Å²) in [5.41, 5.74) is 0.210. The molecule has 1 aliphatic rings. The number of hydrogen-bond donors (Lipinski definition) is 2. The fourth-order valence-electron chi connectivity index (χ4n) is 3.51. The average molecular weight is 427 g/mol. The number of carbonyl (C=O) groups is 3. The molecular weight excluding hydrogens is 401 g/mol. The molecule has 0 spiro atoms. The first-order valence-electron chi connectivity index (χ1n) is 10.1. The van der Waals surface area contributed by atoms with E-state index in [0.29, 0.717) is 24.3 Å². The predicted octanol–water partition coefficient (Wildman–Crippen LogP) is 2.96. The Kier molecular flexibility index (Phi) is 7.02. The highest BCUT2D eigenvalue weighted by atomic mass is 19.1. The molecular formula is C23H26FN3O4. The van der Waals surface area contributed by atoms with Crippen LogP contribution in [0.4, 0.5) is 15.8 Å². The van der Waals surface area contributed by atoms with E-state index in [2.05, 4.69) is 10.6 Å². The molecule has 3 rings (SSSR count). The van der Waals surface area contributed by atoms with E-state index in [1.165, 1.54) is 13.2 Å². The van der Waals surface area contributed by atoms with Crippen LogP contribution in [0.15, 0.2) is 48.5 Å². The van der Waals surface area contributed by atoms with Crippen molar-refractivity contribution >= 4 is 29.1 Å². The summed E-state index contributed by atoms with van der Waals surface area (Å²) in [5, 5.41) is 5.04. The molecule has 0 radical (unpaired) electrons. The maximum Gasteiger partial charge on any atom is 0.313 e. The van der Waals surface area contributed by atoms with Gasteiger partial charge in [0.15, 0.2) is 0 Å². The standard InChI is InChI=1S/C23H26FN3O4/c1-23(31-2,18-10-3-4-11-19(18)24)15-25-21(29)22(30)26-16-8-7-9-17(14-16)27-13-6-5-12-20(27)28/h3-4,7-11,14H,5-6,12-13,15H2,1-2H3,(H,25,29)(H,26,30)/t23-/m1/s1. The largest absolute Gasteiger partial charge is 0.372 e. The Labute approximate surface area is 180 Å². The lowest BCUT2D eigenvalue weighted by atomic mass is 9.95. The second-order valence-electron chi connectivity index (χ2n) is 7.60. The van der Waals surface area contributed by atoms with Crippen molar-refractivity contribution in [2.45, 2.75) is 31.8 Å². The fourth-order valence-corrected chi connectivity index (χ4v) is 3.51. The van der Waals surface area contributed by atoms with Gasteiger partial charge in [0.25, 0.3) is 0 Å². The van der Waals surface area contributed by atoms with Crippen LogP contribution in [0.1, 0.15) is 31.7 Å². The van der Waals surface area contributed by atoms with Gasteiger partial charge in [-0.25, -0.2) is 4.39 Å². The van der Waals surface area contributed by atoms with Crippen LogP contribution in [0.3, 0.4) is 0 Å². The molecule has 1 heterocycles. The van der Waals surface area contributed by atoms with Crippen LogP contribution in [0.5, 0.6) is 0 Å². The van der Waals surface area contributed by atoms with Gasteiger partial charge in [0.1, 0.15) is 11.4 Å². The summed E-state index contributed by atoms with van der Waals surface area (Å²) in [4.78, 5) is 38.5. The molecule has 164 valence electrons. The maximum absolute atomic E-state index is 14.2. The topological polar surface area (TPSA) is 87.7 Å². The molecule has 3 amide bonds. The van der Waals surface area contributed by atoms with E-state index in [0.717, 1.165) is 12.8 Å². The van der Waals surface area contributed by atoms with Gasteiger partial charge in [0.2, 0.25) is 5.91 Å². The Balaban J connectivity index is 1.63. The van der Waals surface area contributed by atoms with Crippen LogP contribution in [0.25, 0.3) is 0 Å². The lowest BCUT2D eigenvalue weighted by Crippen LogP contribution is -2.44. The minimum absolute atomic E-state index is 0.0412. The minimum atomic E-state index is -1.14. The van der Waals surface area contributed by atoms with Crippen molar-refractivity contribution in [2.75, 3.05) is 30.4 Å². The summed E-state index contributed by atoms with van der Waals surface area (Å²) in [7, 11) is 1.41. The van der Waals surface area contributed by atoms with Crippen LogP contribution in [0.2, 0.25) is 0 Å². The highest BCUT2D eigenvalue weighted by molar-refractivity contribution is 6.39. The van der Waals surface area contributed by atoms with Gasteiger partial charge in [-0.3, -0.25) is 14.4 Å². The van der Waals surface area contributed by atoms with Gasteiger partial charge in [0, 0.05) is 37.0 Å². The Morgan fingerprint density at radius 3 is 2.61 bits per heavy atom. The van der Waals surface area contributed by atoms with Crippen molar-refractivity contribution in [3.05, 3.63) is 59.9 Å². The summed E-state index contributed by atoms with van der Waals surface area (Å²) in [6, 6.07) is 12.9. The van der Waals surface area contributed by atoms with E-state index >= 15 is 0 Å². The fraction of sp³-hybridized carbons (Fsp3) is 0.348.